The Kier molecular flexibility index (Phi) is 4.84. The molecule has 1 rings (SSSR count). The van der Waals surface area contributed by atoms with Crippen LogP contribution in [0.3, 0.4) is 0 Å². The fourth-order valence-corrected chi connectivity index (χ4v) is 1.33. The van der Waals surface area contributed by atoms with Gasteiger partial charge in [0.05, 0.1) is 6.20 Å². The molecule has 0 atom stereocenters. The number of aromatic nitrogens is 1. The number of nitrogens with zero attached hydrogens (tertiary/aromatic N) is 2. The van der Waals surface area contributed by atoms with Crippen molar-refractivity contribution in [3.63, 3.8) is 0 Å². The Balaban J connectivity index is 2.64. The average molecular weight is 262 g/mol. The van der Waals surface area contributed by atoms with Crippen LogP contribution >= 0.6 is 0 Å². The quantitative estimate of drug-likeness (QED) is 0.671. The normalized spacial score (nSPS) is 10.5. The maximum absolute atomic E-state index is 11.5. The molecule has 0 fully saturated rings. The standard InChI is InChI=1S/C14H19N3O2/c1-6-17(5)12-7-11(8-15-10-12)9-16-13(18)19-14(2,3)4/h7-8,10H,1,9H2,2-5H3/p+1. The van der Waals surface area contributed by atoms with Crippen LogP contribution in [0.5, 0.6) is 0 Å². The summed E-state index contributed by atoms with van der Waals surface area (Å²) in [5.74, 6) is 2.74. The van der Waals surface area contributed by atoms with E-state index in [0.717, 1.165) is 11.3 Å². The highest BCUT2D eigenvalue weighted by Gasteiger charge is 2.15. The minimum absolute atomic E-state index is 0.362. The van der Waals surface area contributed by atoms with Crippen molar-refractivity contribution in [3.8, 4) is 0 Å². The van der Waals surface area contributed by atoms with E-state index in [4.69, 9.17) is 4.74 Å². The average Bonchev–Trinajstić information content (AvgIpc) is 2.34. The van der Waals surface area contributed by atoms with Gasteiger partial charge in [0.1, 0.15) is 12.6 Å². The van der Waals surface area contributed by atoms with Gasteiger partial charge in [-0.15, -0.1) is 0 Å². The number of carbonyl (C=O) groups is 1. The summed E-state index contributed by atoms with van der Waals surface area (Å²) in [5, 5.41) is 2.68. The van der Waals surface area contributed by atoms with Crippen molar-refractivity contribution >= 4 is 17.7 Å². The van der Waals surface area contributed by atoms with E-state index < -0.39 is 11.7 Å². The lowest BCUT2D eigenvalue weighted by Crippen LogP contribution is -2.32. The van der Waals surface area contributed by atoms with Gasteiger partial charge in [0.15, 0.2) is 5.87 Å². The summed E-state index contributed by atoms with van der Waals surface area (Å²) in [4.78, 5) is 15.6. The molecule has 1 N–H and O–H groups in total. The summed E-state index contributed by atoms with van der Waals surface area (Å²) in [7, 11) is 1.83. The Labute approximate surface area is 113 Å². The van der Waals surface area contributed by atoms with Gasteiger partial charge >= 0.3 is 6.09 Å². The first-order valence-corrected chi connectivity index (χ1v) is 5.99. The molecular weight excluding hydrogens is 242 g/mol. The Morgan fingerprint density at radius 2 is 2.21 bits per heavy atom. The molecule has 0 bridgehead atoms. The Bertz CT molecular complexity index is 512. The third-order valence-corrected chi connectivity index (χ3v) is 2.24. The molecule has 102 valence electrons. The Hall–Kier alpha value is -2.13. The minimum atomic E-state index is -0.498. The van der Waals surface area contributed by atoms with Crippen LogP contribution in [-0.4, -0.2) is 34.2 Å². The molecule has 5 heteroatoms. The lowest BCUT2D eigenvalue weighted by Gasteiger charge is -2.19. The largest absolute Gasteiger partial charge is 0.444 e. The van der Waals surface area contributed by atoms with Crippen molar-refractivity contribution in [1.29, 1.82) is 0 Å². The zero-order chi connectivity index (χ0) is 14.5. The molecule has 0 saturated carbocycles. The molecule has 19 heavy (non-hydrogen) atoms. The Morgan fingerprint density at radius 3 is 2.79 bits per heavy atom. The number of nitrogens with one attached hydrogen (secondary N) is 1. The van der Waals surface area contributed by atoms with E-state index in [1.54, 1.807) is 17.0 Å². The van der Waals surface area contributed by atoms with E-state index in [1.807, 2.05) is 33.9 Å². The van der Waals surface area contributed by atoms with E-state index in [2.05, 4.69) is 22.7 Å². The first kappa shape index (κ1) is 14.9. The van der Waals surface area contributed by atoms with Gasteiger partial charge in [0.2, 0.25) is 5.69 Å². The van der Waals surface area contributed by atoms with Crippen LogP contribution in [0.15, 0.2) is 25.0 Å². The van der Waals surface area contributed by atoms with Crippen molar-refractivity contribution in [1.82, 2.24) is 10.3 Å². The van der Waals surface area contributed by atoms with Gasteiger partial charge in [-0.1, -0.05) is 0 Å². The van der Waals surface area contributed by atoms with Gasteiger partial charge in [-0.25, -0.2) is 4.79 Å². The predicted molar refractivity (Wildman–Crippen MR) is 73.8 cm³/mol. The van der Waals surface area contributed by atoms with E-state index in [0.29, 0.717) is 6.54 Å². The molecule has 1 heterocycles. The number of amides is 1. The van der Waals surface area contributed by atoms with E-state index in [1.165, 1.54) is 0 Å². The topological polar surface area (TPSA) is 54.2 Å². The van der Waals surface area contributed by atoms with Gasteiger partial charge < -0.3 is 10.1 Å². The number of ether oxygens (including phenoxy) is 1. The van der Waals surface area contributed by atoms with Crippen molar-refractivity contribution in [2.75, 3.05) is 7.05 Å². The van der Waals surface area contributed by atoms with Gasteiger partial charge in [-0.3, -0.25) is 4.98 Å². The number of hydrogen-bond donors (Lipinski definition) is 1. The summed E-state index contributed by atoms with van der Waals surface area (Å²) >= 11 is 0. The maximum atomic E-state index is 11.5. The second-order valence-electron chi connectivity index (χ2n) is 5.12. The summed E-state index contributed by atoms with van der Waals surface area (Å²) in [6, 6.07) is 1.91. The molecule has 0 radical (unpaired) electrons. The lowest BCUT2D eigenvalue weighted by molar-refractivity contribution is -0.396. The second kappa shape index (κ2) is 6.16. The summed E-state index contributed by atoms with van der Waals surface area (Å²) in [6.07, 6.45) is 2.95. The predicted octanol–water partition coefficient (Wildman–Crippen LogP) is 2.24. The fraction of sp³-hybridized carbons (Fsp3) is 0.429. The van der Waals surface area contributed by atoms with E-state index in [9.17, 15) is 4.79 Å². The first-order valence-electron chi connectivity index (χ1n) is 5.99. The highest BCUT2D eigenvalue weighted by atomic mass is 16.6. The molecule has 1 amide bonds. The highest BCUT2D eigenvalue weighted by molar-refractivity contribution is 5.67. The van der Waals surface area contributed by atoms with Crippen molar-refractivity contribution in [3.05, 3.63) is 30.6 Å². The zero-order valence-corrected chi connectivity index (χ0v) is 11.9. The van der Waals surface area contributed by atoms with Crippen molar-refractivity contribution in [2.24, 2.45) is 0 Å². The molecule has 0 aliphatic carbocycles. The van der Waals surface area contributed by atoms with Crippen LogP contribution in [0.1, 0.15) is 26.3 Å². The van der Waals surface area contributed by atoms with Crippen LogP contribution in [0.2, 0.25) is 0 Å². The molecule has 1 aromatic rings. The number of pyridine rings is 1. The molecule has 0 aliphatic rings. The molecule has 1 aromatic heterocycles. The van der Waals surface area contributed by atoms with Crippen LogP contribution in [0.25, 0.3) is 0 Å². The van der Waals surface area contributed by atoms with Crippen molar-refractivity contribution < 1.29 is 14.1 Å². The third kappa shape index (κ3) is 5.36. The van der Waals surface area contributed by atoms with Crippen LogP contribution in [0, 0.1) is 0 Å². The van der Waals surface area contributed by atoms with Gasteiger partial charge in [-0.2, -0.15) is 4.58 Å². The maximum Gasteiger partial charge on any atom is 0.407 e. The fourth-order valence-electron chi connectivity index (χ4n) is 1.33. The second-order valence-corrected chi connectivity index (χ2v) is 5.12. The van der Waals surface area contributed by atoms with Crippen LogP contribution < -0.4 is 5.32 Å². The van der Waals surface area contributed by atoms with Crippen molar-refractivity contribution in [2.45, 2.75) is 32.9 Å². The molecule has 0 unspecified atom stereocenters. The SMILES string of the molecule is C=C=[N+](C)c1cncc(CNC(=O)OC(C)(C)C)c1. The molecule has 0 aromatic carbocycles. The monoisotopic (exact) mass is 262 g/mol. The summed E-state index contributed by atoms with van der Waals surface area (Å²) < 4.78 is 6.88. The molecule has 0 saturated heterocycles. The number of hydrogen-bond acceptors (Lipinski definition) is 3. The molecular formula is C14H20N3O2+. The highest BCUT2D eigenvalue weighted by Crippen LogP contribution is 2.11. The van der Waals surface area contributed by atoms with Gasteiger partial charge in [0.25, 0.3) is 0 Å². The molecule has 5 nitrogen and oxygen atoms in total. The van der Waals surface area contributed by atoms with Crippen LogP contribution in [-0.2, 0) is 11.3 Å². The van der Waals surface area contributed by atoms with E-state index >= 15 is 0 Å². The summed E-state index contributed by atoms with van der Waals surface area (Å²) in [5.41, 5.74) is 1.24. The lowest BCUT2D eigenvalue weighted by atomic mass is 10.2. The van der Waals surface area contributed by atoms with Gasteiger partial charge in [-0.05, 0) is 26.3 Å². The van der Waals surface area contributed by atoms with Gasteiger partial charge in [0, 0.05) is 25.4 Å². The minimum Gasteiger partial charge on any atom is -0.444 e. The van der Waals surface area contributed by atoms with E-state index in [-0.39, 0.29) is 0 Å². The molecule has 0 spiro atoms. The van der Waals surface area contributed by atoms with Crippen LogP contribution in [0.4, 0.5) is 10.5 Å². The zero-order valence-electron chi connectivity index (χ0n) is 11.9. The molecule has 0 aliphatic heterocycles. The smallest absolute Gasteiger partial charge is 0.407 e. The summed E-state index contributed by atoms with van der Waals surface area (Å²) in [6.45, 7) is 9.40. The first-order chi connectivity index (χ1) is 8.81. The number of alkyl carbamates (subject to hydrolysis) is 1. The third-order valence-electron chi connectivity index (χ3n) is 2.24. The Morgan fingerprint density at radius 1 is 1.53 bits per heavy atom. The number of carbonyl (C=O) groups excluding carboxylic acids is 1. The number of rotatable bonds is 3.